The van der Waals surface area contributed by atoms with Gasteiger partial charge in [-0.15, -0.1) is 0 Å². The third-order valence-corrected chi connectivity index (χ3v) is 3.45. The van der Waals surface area contributed by atoms with Crippen LogP contribution in [0.4, 0.5) is 11.4 Å². The molecule has 0 bridgehead atoms. The highest BCUT2D eigenvalue weighted by Crippen LogP contribution is 2.18. The second-order valence-corrected chi connectivity index (χ2v) is 5.52. The van der Waals surface area contributed by atoms with Gasteiger partial charge in [-0.05, 0) is 58.8 Å². The Morgan fingerprint density at radius 2 is 1.95 bits per heavy atom. The fourth-order valence-corrected chi connectivity index (χ4v) is 1.82. The molecule has 1 aromatic carbocycles. The number of aryl methyl sites for hydroxylation is 1. The molecule has 112 valence electrons. The van der Waals surface area contributed by atoms with Gasteiger partial charge in [0.2, 0.25) is 5.91 Å². The number of nitrogen functional groups attached to an aromatic ring is 1. The average molecular weight is 278 g/mol. The molecule has 5 nitrogen and oxygen atoms in total. The van der Waals surface area contributed by atoms with Gasteiger partial charge in [0.25, 0.3) is 0 Å². The minimum atomic E-state index is -0.174. The van der Waals surface area contributed by atoms with E-state index in [1.807, 2.05) is 52.0 Å². The summed E-state index contributed by atoms with van der Waals surface area (Å²) in [5, 5.41) is 2.96. The van der Waals surface area contributed by atoms with Crippen molar-refractivity contribution < 1.29 is 4.79 Å². The first-order valence-electron chi connectivity index (χ1n) is 6.83. The van der Waals surface area contributed by atoms with E-state index >= 15 is 0 Å². The second-order valence-electron chi connectivity index (χ2n) is 5.52. The number of amides is 1. The van der Waals surface area contributed by atoms with E-state index in [0.29, 0.717) is 5.69 Å². The highest BCUT2D eigenvalue weighted by molar-refractivity contribution is 5.95. The summed E-state index contributed by atoms with van der Waals surface area (Å²) in [5.74, 6) is -0.000808. The highest BCUT2D eigenvalue weighted by Gasteiger charge is 2.18. The number of nitrogens with zero attached hydrogens (tertiary/aromatic N) is 2. The Hall–Kier alpha value is -1.59. The summed E-state index contributed by atoms with van der Waals surface area (Å²) in [4.78, 5) is 16.4. The van der Waals surface area contributed by atoms with Gasteiger partial charge < -0.3 is 16.0 Å². The molecule has 0 aliphatic rings. The molecule has 0 heterocycles. The van der Waals surface area contributed by atoms with Crippen LogP contribution in [0.1, 0.15) is 12.5 Å². The summed E-state index contributed by atoms with van der Waals surface area (Å²) in [6.45, 7) is 5.63. The lowest BCUT2D eigenvalue weighted by Gasteiger charge is -2.25. The van der Waals surface area contributed by atoms with Crippen LogP contribution in [0, 0.1) is 6.92 Å². The molecule has 1 aromatic rings. The number of hydrogen-bond donors (Lipinski definition) is 2. The van der Waals surface area contributed by atoms with Crippen molar-refractivity contribution in [1.29, 1.82) is 0 Å². The first-order valence-corrected chi connectivity index (χ1v) is 6.83. The molecule has 5 heteroatoms. The molecule has 1 amide bonds. The number of hydrogen-bond acceptors (Lipinski definition) is 4. The van der Waals surface area contributed by atoms with Crippen molar-refractivity contribution in [3.8, 4) is 0 Å². The summed E-state index contributed by atoms with van der Waals surface area (Å²) >= 11 is 0. The number of nitrogens with one attached hydrogen (secondary N) is 1. The molecule has 3 N–H and O–H groups in total. The summed E-state index contributed by atoms with van der Waals surface area (Å²) in [6, 6.07) is 5.32. The summed E-state index contributed by atoms with van der Waals surface area (Å²) in [7, 11) is 6.01. The molecular formula is C15H26N4O. The number of carbonyl (C=O) groups is 1. The normalized spacial score (nSPS) is 12.8. The Labute approximate surface area is 121 Å². The zero-order valence-corrected chi connectivity index (χ0v) is 13.1. The smallest absolute Gasteiger partial charge is 0.241 e. The van der Waals surface area contributed by atoms with Crippen molar-refractivity contribution in [3.05, 3.63) is 23.8 Å². The zero-order valence-electron chi connectivity index (χ0n) is 13.1. The van der Waals surface area contributed by atoms with E-state index in [4.69, 9.17) is 5.73 Å². The Bertz CT molecular complexity index is 459. The van der Waals surface area contributed by atoms with Gasteiger partial charge in [-0.2, -0.15) is 0 Å². The Morgan fingerprint density at radius 3 is 2.50 bits per heavy atom. The van der Waals surface area contributed by atoms with Crippen molar-refractivity contribution in [2.45, 2.75) is 19.9 Å². The van der Waals surface area contributed by atoms with Crippen LogP contribution < -0.4 is 11.1 Å². The maximum atomic E-state index is 12.2. The van der Waals surface area contributed by atoms with Crippen molar-refractivity contribution in [2.24, 2.45) is 0 Å². The molecule has 0 aromatic heterocycles. The molecule has 0 radical (unpaired) electrons. The van der Waals surface area contributed by atoms with E-state index in [0.717, 1.165) is 24.3 Å². The highest BCUT2D eigenvalue weighted by atomic mass is 16.2. The molecule has 1 atom stereocenters. The van der Waals surface area contributed by atoms with Crippen LogP contribution in [0.3, 0.4) is 0 Å². The van der Waals surface area contributed by atoms with Gasteiger partial charge in [0, 0.05) is 24.5 Å². The molecule has 1 rings (SSSR count). The van der Waals surface area contributed by atoms with Crippen LogP contribution in [0.5, 0.6) is 0 Å². The van der Waals surface area contributed by atoms with Gasteiger partial charge in [0.1, 0.15) is 0 Å². The van der Waals surface area contributed by atoms with Crippen molar-refractivity contribution in [3.63, 3.8) is 0 Å². The second kappa shape index (κ2) is 7.26. The third-order valence-electron chi connectivity index (χ3n) is 3.45. The predicted octanol–water partition coefficient (Wildman–Crippen LogP) is 1.40. The minimum absolute atomic E-state index is 0.000808. The Morgan fingerprint density at radius 1 is 1.30 bits per heavy atom. The van der Waals surface area contributed by atoms with Crippen LogP contribution in [0.2, 0.25) is 0 Å². The SMILES string of the molecule is Cc1cc(N)ccc1NC(=O)C(C)N(C)CCN(C)C. The largest absolute Gasteiger partial charge is 0.399 e. The lowest BCUT2D eigenvalue weighted by molar-refractivity contribution is -0.120. The zero-order chi connectivity index (χ0) is 15.3. The fraction of sp³-hybridized carbons (Fsp3) is 0.533. The molecule has 0 saturated carbocycles. The van der Waals surface area contributed by atoms with E-state index < -0.39 is 0 Å². The van der Waals surface area contributed by atoms with E-state index in [9.17, 15) is 4.79 Å². The van der Waals surface area contributed by atoms with Crippen LogP contribution in [0.25, 0.3) is 0 Å². The number of rotatable bonds is 6. The number of nitrogens with two attached hydrogens (primary N) is 1. The van der Waals surface area contributed by atoms with Gasteiger partial charge in [-0.25, -0.2) is 0 Å². The maximum absolute atomic E-state index is 12.2. The minimum Gasteiger partial charge on any atom is -0.399 e. The van der Waals surface area contributed by atoms with Crippen LogP contribution in [0.15, 0.2) is 18.2 Å². The van der Waals surface area contributed by atoms with Gasteiger partial charge in [-0.3, -0.25) is 9.69 Å². The molecule has 0 aliphatic heterocycles. The molecule has 0 saturated heterocycles. The standard InChI is InChI=1S/C15H26N4O/c1-11-10-13(16)6-7-14(11)17-15(20)12(2)19(5)9-8-18(3)4/h6-7,10,12H,8-9,16H2,1-5H3,(H,17,20). The van der Waals surface area contributed by atoms with Crippen LogP contribution in [-0.4, -0.2) is 56.0 Å². The fourth-order valence-electron chi connectivity index (χ4n) is 1.82. The molecule has 0 spiro atoms. The monoisotopic (exact) mass is 278 g/mol. The number of benzene rings is 1. The summed E-state index contributed by atoms with van der Waals surface area (Å²) < 4.78 is 0. The Balaban J connectivity index is 2.61. The lowest BCUT2D eigenvalue weighted by atomic mass is 10.1. The summed E-state index contributed by atoms with van der Waals surface area (Å²) in [6.07, 6.45) is 0. The van der Waals surface area contributed by atoms with E-state index in [1.165, 1.54) is 0 Å². The molecule has 0 fully saturated rings. The maximum Gasteiger partial charge on any atom is 0.241 e. The van der Waals surface area contributed by atoms with E-state index in [-0.39, 0.29) is 11.9 Å². The van der Waals surface area contributed by atoms with Crippen LogP contribution in [-0.2, 0) is 4.79 Å². The van der Waals surface area contributed by atoms with Gasteiger partial charge >= 0.3 is 0 Å². The van der Waals surface area contributed by atoms with Crippen molar-refractivity contribution >= 4 is 17.3 Å². The van der Waals surface area contributed by atoms with Gasteiger partial charge in [0.15, 0.2) is 0 Å². The van der Waals surface area contributed by atoms with Gasteiger partial charge in [-0.1, -0.05) is 0 Å². The Kier molecular flexibility index (Phi) is 5.98. The molecule has 20 heavy (non-hydrogen) atoms. The van der Waals surface area contributed by atoms with Crippen molar-refractivity contribution in [1.82, 2.24) is 9.80 Å². The first kappa shape index (κ1) is 16.5. The number of likely N-dealkylation sites (N-methyl/N-ethyl adjacent to an activating group) is 2. The molecule has 1 unspecified atom stereocenters. The summed E-state index contributed by atoms with van der Waals surface area (Å²) in [5.41, 5.74) is 8.20. The topological polar surface area (TPSA) is 61.6 Å². The van der Waals surface area contributed by atoms with Gasteiger partial charge in [0.05, 0.1) is 6.04 Å². The number of carbonyl (C=O) groups excluding carboxylic acids is 1. The number of anilines is 2. The average Bonchev–Trinajstić information content (AvgIpc) is 2.38. The van der Waals surface area contributed by atoms with Crippen molar-refractivity contribution in [2.75, 3.05) is 45.3 Å². The lowest BCUT2D eigenvalue weighted by Crippen LogP contribution is -2.42. The third kappa shape index (κ3) is 4.83. The quantitative estimate of drug-likeness (QED) is 0.772. The molecular weight excluding hydrogens is 252 g/mol. The van der Waals surface area contributed by atoms with Crippen LogP contribution >= 0.6 is 0 Å². The predicted molar refractivity (Wildman–Crippen MR) is 84.9 cm³/mol. The first-order chi connectivity index (χ1) is 9.31. The molecule has 0 aliphatic carbocycles. The van der Waals surface area contributed by atoms with E-state index in [2.05, 4.69) is 10.2 Å². The van der Waals surface area contributed by atoms with E-state index in [1.54, 1.807) is 6.07 Å².